The van der Waals surface area contributed by atoms with Gasteiger partial charge in [0.2, 0.25) is 5.91 Å². The molecule has 0 bridgehead atoms. The second-order valence-corrected chi connectivity index (χ2v) is 6.56. The lowest BCUT2D eigenvalue weighted by Crippen LogP contribution is -2.40. The summed E-state index contributed by atoms with van der Waals surface area (Å²) in [6, 6.07) is 1.84. The quantitative estimate of drug-likeness (QED) is 0.939. The molecule has 1 N–H and O–H groups in total. The van der Waals surface area contributed by atoms with E-state index in [1.165, 1.54) is 23.8 Å². The molecule has 6 nitrogen and oxygen atoms in total. The summed E-state index contributed by atoms with van der Waals surface area (Å²) >= 11 is 0. The summed E-state index contributed by atoms with van der Waals surface area (Å²) in [7, 11) is 1.81. The summed E-state index contributed by atoms with van der Waals surface area (Å²) in [5.41, 5.74) is 2.34. The third-order valence-corrected chi connectivity index (χ3v) is 4.72. The minimum Gasteiger partial charge on any atom is -0.352 e. The van der Waals surface area contributed by atoms with Crippen LogP contribution in [0.25, 0.3) is 11.0 Å². The molecule has 0 aliphatic heterocycles. The zero-order valence-electron chi connectivity index (χ0n) is 14.1. The second-order valence-electron chi connectivity index (χ2n) is 6.56. The van der Waals surface area contributed by atoms with Crippen molar-refractivity contribution in [2.24, 2.45) is 7.05 Å². The second kappa shape index (κ2) is 6.18. The Morgan fingerprint density at radius 3 is 2.70 bits per heavy atom. The number of nitrogens with one attached hydrogen (secondary N) is 1. The summed E-state index contributed by atoms with van der Waals surface area (Å²) in [5.74, 6) is -0.0944. The van der Waals surface area contributed by atoms with Crippen molar-refractivity contribution in [3.63, 3.8) is 0 Å². The van der Waals surface area contributed by atoms with Gasteiger partial charge in [-0.3, -0.25) is 18.8 Å². The van der Waals surface area contributed by atoms with Gasteiger partial charge in [-0.15, -0.1) is 0 Å². The standard InChI is InChI=1S/C17H24N4O2/c1-11-9-15(23)21(17-16(11)12(2)19-20(17)3)10-14(22)18-13-7-5-4-6-8-13/h9,13H,4-8,10H2,1-3H3,(H,18,22). The Kier molecular flexibility index (Phi) is 4.24. The van der Waals surface area contributed by atoms with Crippen LogP contribution < -0.4 is 10.9 Å². The Bertz CT molecular complexity index is 797. The van der Waals surface area contributed by atoms with Crippen molar-refractivity contribution >= 4 is 16.9 Å². The minimum atomic E-state index is -0.156. The molecule has 2 aromatic heterocycles. The van der Waals surface area contributed by atoms with Gasteiger partial charge in [0.05, 0.1) is 5.69 Å². The van der Waals surface area contributed by atoms with Gasteiger partial charge in [-0.25, -0.2) is 0 Å². The molecule has 2 heterocycles. The number of hydrogen-bond acceptors (Lipinski definition) is 3. The Labute approximate surface area is 135 Å². The van der Waals surface area contributed by atoms with E-state index in [1.54, 1.807) is 10.7 Å². The number of fused-ring (bicyclic) bond motifs is 1. The Morgan fingerprint density at radius 2 is 2.00 bits per heavy atom. The third kappa shape index (κ3) is 3.02. The van der Waals surface area contributed by atoms with Crippen LogP contribution in [0.2, 0.25) is 0 Å². The van der Waals surface area contributed by atoms with Crippen molar-refractivity contribution in [1.29, 1.82) is 0 Å². The fourth-order valence-electron chi connectivity index (χ4n) is 3.67. The van der Waals surface area contributed by atoms with Crippen LogP contribution in [0.5, 0.6) is 0 Å². The average Bonchev–Trinajstić information content (AvgIpc) is 2.79. The third-order valence-electron chi connectivity index (χ3n) is 4.72. The first-order valence-electron chi connectivity index (χ1n) is 8.30. The SMILES string of the molecule is Cc1cc(=O)n(CC(=O)NC2CCCCC2)c2c1c(C)nn2C. The van der Waals surface area contributed by atoms with Gasteiger partial charge in [0.15, 0.2) is 0 Å². The van der Waals surface area contributed by atoms with E-state index in [2.05, 4.69) is 10.4 Å². The summed E-state index contributed by atoms with van der Waals surface area (Å²) in [6.07, 6.45) is 5.66. The Hall–Kier alpha value is -2.11. The average molecular weight is 316 g/mol. The number of carbonyl (C=O) groups is 1. The lowest BCUT2D eigenvalue weighted by Gasteiger charge is -2.23. The number of rotatable bonds is 3. The molecule has 0 radical (unpaired) electrons. The predicted molar refractivity (Wildman–Crippen MR) is 89.5 cm³/mol. The molecule has 6 heteroatoms. The highest BCUT2D eigenvalue weighted by Gasteiger charge is 2.19. The smallest absolute Gasteiger partial charge is 0.252 e. The van der Waals surface area contributed by atoms with Gasteiger partial charge in [-0.2, -0.15) is 5.10 Å². The zero-order valence-corrected chi connectivity index (χ0v) is 14.1. The topological polar surface area (TPSA) is 68.9 Å². The Morgan fingerprint density at radius 1 is 1.30 bits per heavy atom. The number of amides is 1. The van der Waals surface area contributed by atoms with Crippen LogP contribution in [0.15, 0.2) is 10.9 Å². The van der Waals surface area contributed by atoms with Crippen LogP contribution in [0.4, 0.5) is 0 Å². The van der Waals surface area contributed by atoms with Crippen molar-refractivity contribution in [2.75, 3.05) is 0 Å². The molecule has 0 aromatic carbocycles. The molecule has 1 aliphatic carbocycles. The van der Waals surface area contributed by atoms with Gasteiger partial charge in [-0.1, -0.05) is 19.3 Å². The molecule has 23 heavy (non-hydrogen) atoms. The van der Waals surface area contributed by atoms with Crippen LogP contribution in [0.1, 0.15) is 43.4 Å². The van der Waals surface area contributed by atoms with Crippen LogP contribution in [0.3, 0.4) is 0 Å². The van der Waals surface area contributed by atoms with Gasteiger partial charge in [0, 0.05) is 24.5 Å². The van der Waals surface area contributed by atoms with Crippen molar-refractivity contribution < 1.29 is 4.79 Å². The van der Waals surface area contributed by atoms with E-state index in [4.69, 9.17) is 0 Å². The molecule has 0 spiro atoms. The lowest BCUT2D eigenvalue weighted by atomic mass is 9.95. The maximum absolute atomic E-state index is 12.4. The molecule has 1 saturated carbocycles. The highest BCUT2D eigenvalue weighted by atomic mass is 16.2. The van der Waals surface area contributed by atoms with Crippen molar-refractivity contribution in [2.45, 2.75) is 58.5 Å². The van der Waals surface area contributed by atoms with E-state index in [0.717, 1.165) is 29.5 Å². The van der Waals surface area contributed by atoms with Crippen LogP contribution in [-0.4, -0.2) is 26.3 Å². The lowest BCUT2D eigenvalue weighted by molar-refractivity contribution is -0.122. The molecule has 2 aromatic rings. The van der Waals surface area contributed by atoms with E-state index in [-0.39, 0.29) is 24.1 Å². The summed E-state index contributed by atoms with van der Waals surface area (Å²) in [4.78, 5) is 24.8. The van der Waals surface area contributed by atoms with Gasteiger partial charge >= 0.3 is 0 Å². The van der Waals surface area contributed by atoms with Gasteiger partial charge in [0.1, 0.15) is 12.2 Å². The molecule has 0 saturated heterocycles. The maximum atomic E-state index is 12.4. The number of pyridine rings is 1. The number of nitrogens with zero attached hydrogens (tertiary/aromatic N) is 3. The van der Waals surface area contributed by atoms with E-state index < -0.39 is 0 Å². The van der Waals surface area contributed by atoms with Crippen LogP contribution >= 0.6 is 0 Å². The number of hydrogen-bond donors (Lipinski definition) is 1. The van der Waals surface area contributed by atoms with Crippen LogP contribution in [-0.2, 0) is 18.4 Å². The molecule has 1 fully saturated rings. The fraction of sp³-hybridized carbons (Fsp3) is 0.588. The summed E-state index contributed by atoms with van der Waals surface area (Å²) in [5, 5.41) is 8.43. The van der Waals surface area contributed by atoms with E-state index in [0.29, 0.717) is 5.65 Å². The molecule has 124 valence electrons. The first-order valence-corrected chi connectivity index (χ1v) is 8.30. The molecular formula is C17H24N4O2. The highest BCUT2D eigenvalue weighted by Crippen LogP contribution is 2.20. The van der Waals surface area contributed by atoms with E-state index in [1.807, 2.05) is 20.9 Å². The molecule has 1 amide bonds. The summed E-state index contributed by atoms with van der Waals surface area (Å²) in [6.45, 7) is 3.88. The number of aryl methyl sites for hydroxylation is 3. The van der Waals surface area contributed by atoms with Crippen molar-refractivity contribution in [3.05, 3.63) is 27.7 Å². The molecular weight excluding hydrogens is 292 g/mol. The van der Waals surface area contributed by atoms with Gasteiger partial charge in [-0.05, 0) is 32.3 Å². The van der Waals surface area contributed by atoms with E-state index >= 15 is 0 Å². The fourth-order valence-corrected chi connectivity index (χ4v) is 3.67. The normalized spacial score (nSPS) is 16.0. The monoisotopic (exact) mass is 316 g/mol. The predicted octanol–water partition coefficient (Wildman–Crippen LogP) is 1.80. The Balaban J connectivity index is 1.90. The first-order chi connectivity index (χ1) is 11.0. The zero-order chi connectivity index (χ0) is 16.6. The van der Waals surface area contributed by atoms with Crippen molar-refractivity contribution in [1.82, 2.24) is 19.7 Å². The van der Waals surface area contributed by atoms with Gasteiger partial charge in [0.25, 0.3) is 5.56 Å². The number of carbonyl (C=O) groups excluding carboxylic acids is 1. The van der Waals surface area contributed by atoms with E-state index in [9.17, 15) is 9.59 Å². The first kappa shape index (κ1) is 15.8. The van der Waals surface area contributed by atoms with Crippen molar-refractivity contribution in [3.8, 4) is 0 Å². The molecule has 3 rings (SSSR count). The molecule has 1 aliphatic rings. The number of aromatic nitrogens is 3. The maximum Gasteiger partial charge on any atom is 0.252 e. The largest absolute Gasteiger partial charge is 0.352 e. The minimum absolute atomic E-state index is 0.0467. The molecule has 0 unspecified atom stereocenters. The van der Waals surface area contributed by atoms with Crippen LogP contribution in [0, 0.1) is 13.8 Å². The molecule has 0 atom stereocenters. The van der Waals surface area contributed by atoms with Gasteiger partial charge < -0.3 is 5.32 Å². The highest BCUT2D eigenvalue weighted by molar-refractivity contribution is 5.84. The summed E-state index contributed by atoms with van der Waals surface area (Å²) < 4.78 is 3.22.